The molecular formula is C16H19NO5. The Balaban J connectivity index is 1.84. The van der Waals surface area contributed by atoms with Gasteiger partial charge in [0.15, 0.2) is 0 Å². The predicted octanol–water partition coefficient (Wildman–Crippen LogP) is 2.08. The molecule has 1 aromatic carbocycles. The summed E-state index contributed by atoms with van der Waals surface area (Å²) in [5, 5.41) is 8.67. The quantitative estimate of drug-likeness (QED) is 0.842. The first-order valence-corrected chi connectivity index (χ1v) is 7.26. The van der Waals surface area contributed by atoms with Gasteiger partial charge in [-0.1, -0.05) is 30.3 Å². The van der Waals surface area contributed by atoms with Crippen LogP contribution in [0.2, 0.25) is 0 Å². The Kier molecular flexibility index (Phi) is 5.52. The highest BCUT2D eigenvalue weighted by Gasteiger charge is 2.29. The lowest BCUT2D eigenvalue weighted by Crippen LogP contribution is -2.42. The van der Waals surface area contributed by atoms with Crippen LogP contribution in [0.1, 0.15) is 24.8 Å². The van der Waals surface area contributed by atoms with Gasteiger partial charge in [0.1, 0.15) is 18.8 Å². The van der Waals surface area contributed by atoms with Crippen molar-refractivity contribution in [1.29, 1.82) is 0 Å². The first-order chi connectivity index (χ1) is 10.6. The summed E-state index contributed by atoms with van der Waals surface area (Å²) >= 11 is 0. The number of aliphatic carboxylic acids is 1. The average molecular weight is 305 g/mol. The normalized spacial score (nSPS) is 17.8. The van der Waals surface area contributed by atoms with Crippen LogP contribution in [0.5, 0.6) is 0 Å². The first-order valence-electron chi connectivity index (χ1n) is 7.26. The zero-order valence-corrected chi connectivity index (χ0v) is 12.2. The van der Waals surface area contributed by atoms with Crippen LogP contribution in [0, 0.1) is 5.92 Å². The second kappa shape index (κ2) is 7.59. The Bertz CT molecular complexity index is 543. The van der Waals surface area contributed by atoms with Crippen molar-refractivity contribution in [3.05, 3.63) is 35.9 Å². The molecule has 1 amide bonds. The molecule has 0 radical (unpaired) electrons. The first kappa shape index (κ1) is 16.0. The zero-order chi connectivity index (χ0) is 15.9. The average Bonchev–Trinajstić information content (AvgIpc) is 2.53. The van der Waals surface area contributed by atoms with E-state index < -0.39 is 24.4 Å². The predicted molar refractivity (Wildman–Crippen MR) is 78.2 cm³/mol. The third-order valence-corrected chi connectivity index (χ3v) is 3.67. The number of hydrogen-bond donors (Lipinski definition) is 1. The highest BCUT2D eigenvalue weighted by molar-refractivity contribution is 5.96. The summed E-state index contributed by atoms with van der Waals surface area (Å²) in [5.41, 5.74) is 0.895. The van der Waals surface area contributed by atoms with Gasteiger partial charge in [-0.3, -0.25) is 9.59 Å². The van der Waals surface area contributed by atoms with Crippen LogP contribution in [-0.4, -0.2) is 40.9 Å². The van der Waals surface area contributed by atoms with Gasteiger partial charge in [0.05, 0.1) is 0 Å². The molecular weight excluding hydrogens is 286 g/mol. The minimum atomic E-state index is -1.13. The van der Waals surface area contributed by atoms with Crippen LogP contribution in [0.3, 0.4) is 0 Å². The molecule has 1 fully saturated rings. The maximum atomic E-state index is 12.0. The number of carboxylic acid groups (broad SMARTS) is 1. The number of ketones is 1. The van der Waals surface area contributed by atoms with E-state index in [1.54, 1.807) is 0 Å². The van der Waals surface area contributed by atoms with Crippen molar-refractivity contribution in [2.45, 2.75) is 25.9 Å². The van der Waals surface area contributed by atoms with Crippen molar-refractivity contribution in [3.63, 3.8) is 0 Å². The molecule has 0 bridgehead atoms. The van der Waals surface area contributed by atoms with Crippen molar-refractivity contribution in [1.82, 2.24) is 4.90 Å². The number of nitrogens with zero attached hydrogens (tertiary/aromatic N) is 1. The minimum Gasteiger partial charge on any atom is -0.481 e. The maximum Gasteiger partial charge on any atom is 0.410 e. The van der Waals surface area contributed by atoms with Crippen LogP contribution < -0.4 is 0 Å². The molecule has 1 aliphatic heterocycles. The summed E-state index contributed by atoms with van der Waals surface area (Å²) in [6, 6.07) is 9.34. The summed E-state index contributed by atoms with van der Waals surface area (Å²) in [6.45, 7) is 0.953. The highest BCUT2D eigenvalue weighted by Crippen LogP contribution is 2.19. The van der Waals surface area contributed by atoms with E-state index >= 15 is 0 Å². The maximum absolute atomic E-state index is 12.0. The molecule has 0 spiro atoms. The zero-order valence-electron chi connectivity index (χ0n) is 12.2. The number of amides is 1. The van der Waals surface area contributed by atoms with Gasteiger partial charge in [-0.25, -0.2) is 4.79 Å². The van der Waals surface area contributed by atoms with Gasteiger partial charge in [0, 0.05) is 19.0 Å². The van der Waals surface area contributed by atoms with Gasteiger partial charge in [-0.05, 0) is 18.4 Å². The van der Waals surface area contributed by atoms with E-state index in [9.17, 15) is 14.4 Å². The Labute approximate surface area is 128 Å². The van der Waals surface area contributed by atoms with Crippen molar-refractivity contribution >= 4 is 17.8 Å². The molecule has 1 unspecified atom stereocenters. The fourth-order valence-electron chi connectivity index (χ4n) is 2.51. The van der Waals surface area contributed by atoms with E-state index in [0.29, 0.717) is 19.4 Å². The Morgan fingerprint density at radius 3 is 2.64 bits per heavy atom. The number of piperidine rings is 1. The van der Waals surface area contributed by atoms with E-state index in [1.807, 2.05) is 30.3 Å². The highest BCUT2D eigenvalue weighted by atomic mass is 16.6. The molecule has 2 rings (SSSR count). The van der Waals surface area contributed by atoms with Gasteiger partial charge < -0.3 is 14.7 Å². The number of carbonyl (C=O) groups excluding carboxylic acids is 2. The lowest BCUT2D eigenvalue weighted by atomic mass is 9.92. The molecule has 6 nitrogen and oxygen atoms in total. The molecule has 1 saturated heterocycles. The van der Waals surface area contributed by atoms with Gasteiger partial charge in [-0.2, -0.15) is 0 Å². The van der Waals surface area contributed by atoms with E-state index in [1.165, 1.54) is 4.90 Å². The Morgan fingerprint density at radius 1 is 1.23 bits per heavy atom. The number of hydrogen-bond acceptors (Lipinski definition) is 4. The largest absolute Gasteiger partial charge is 0.481 e. The molecule has 1 heterocycles. The molecule has 1 aliphatic rings. The summed E-state index contributed by atoms with van der Waals surface area (Å²) in [7, 11) is 0. The van der Waals surface area contributed by atoms with Gasteiger partial charge in [-0.15, -0.1) is 0 Å². The lowest BCUT2D eigenvalue weighted by Gasteiger charge is -2.31. The van der Waals surface area contributed by atoms with E-state index in [4.69, 9.17) is 9.84 Å². The van der Waals surface area contributed by atoms with E-state index in [2.05, 4.69) is 0 Å². The SMILES string of the molecule is O=C(O)CC(=O)C1CCCN(C(=O)OCc2ccccc2)C1. The second-order valence-electron chi connectivity index (χ2n) is 5.36. The van der Waals surface area contributed by atoms with Crippen molar-refractivity contribution in [2.75, 3.05) is 13.1 Å². The van der Waals surface area contributed by atoms with Crippen molar-refractivity contribution in [3.8, 4) is 0 Å². The van der Waals surface area contributed by atoms with Crippen molar-refractivity contribution < 1.29 is 24.2 Å². The number of benzene rings is 1. The third kappa shape index (κ3) is 4.58. The van der Waals surface area contributed by atoms with Crippen LogP contribution in [-0.2, 0) is 20.9 Å². The summed E-state index contributed by atoms with van der Waals surface area (Å²) < 4.78 is 5.24. The molecule has 1 aromatic rings. The van der Waals surface area contributed by atoms with Crippen molar-refractivity contribution in [2.24, 2.45) is 5.92 Å². The van der Waals surface area contributed by atoms with E-state index in [0.717, 1.165) is 5.56 Å². The molecule has 1 N–H and O–H groups in total. The van der Waals surface area contributed by atoms with Gasteiger partial charge in [0.25, 0.3) is 0 Å². The number of likely N-dealkylation sites (tertiary alicyclic amines) is 1. The molecule has 0 aliphatic carbocycles. The smallest absolute Gasteiger partial charge is 0.410 e. The lowest BCUT2D eigenvalue weighted by molar-refractivity contribution is -0.141. The van der Waals surface area contributed by atoms with Gasteiger partial charge in [0.2, 0.25) is 0 Å². The fraction of sp³-hybridized carbons (Fsp3) is 0.438. The van der Waals surface area contributed by atoms with Gasteiger partial charge >= 0.3 is 12.1 Å². The Hall–Kier alpha value is -2.37. The molecule has 0 saturated carbocycles. The standard InChI is InChI=1S/C16H19NO5/c18-14(9-15(19)20)13-7-4-8-17(10-13)16(21)22-11-12-5-2-1-3-6-12/h1-3,5-6,13H,4,7-11H2,(H,19,20). The number of ether oxygens (including phenoxy) is 1. The summed E-state index contributed by atoms with van der Waals surface area (Å²) in [6.07, 6.45) is 0.347. The Morgan fingerprint density at radius 2 is 1.95 bits per heavy atom. The topological polar surface area (TPSA) is 83.9 Å². The summed E-state index contributed by atoms with van der Waals surface area (Å²) in [5.74, 6) is -1.86. The van der Waals surface area contributed by atoms with Crippen LogP contribution in [0.15, 0.2) is 30.3 Å². The van der Waals surface area contributed by atoms with E-state index in [-0.39, 0.29) is 18.9 Å². The molecule has 6 heteroatoms. The van der Waals surface area contributed by atoms with Crippen LogP contribution >= 0.6 is 0 Å². The fourth-order valence-corrected chi connectivity index (χ4v) is 2.51. The van der Waals surface area contributed by atoms with Crippen LogP contribution in [0.4, 0.5) is 4.79 Å². The number of carbonyl (C=O) groups is 3. The minimum absolute atomic E-state index is 0.184. The monoisotopic (exact) mass is 305 g/mol. The van der Waals surface area contributed by atoms with Crippen LogP contribution in [0.25, 0.3) is 0 Å². The molecule has 118 valence electrons. The number of rotatable bonds is 5. The third-order valence-electron chi connectivity index (χ3n) is 3.67. The second-order valence-corrected chi connectivity index (χ2v) is 5.36. The number of Topliss-reactive ketones (excluding diaryl/α,β-unsaturated/α-hetero) is 1. The number of carboxylic acids is 1. The molecule has 1 atom stereocenters. The molecule has 22 heavy (non-hydrogen) atoms. The summed E-state index contributed by atoms with van der Waals surface area (Å²) in [4.78, 5) is 35.9. The molecule has 0 aromatic heterocycles.